The fraction of sp³-hybridized carbons (Fsp3) is 0.429. The highest BCUT2D eigenvalue weighted by Gasteiger charge is 2.52. The molecule has 1 aromatic carbocycles. The summed E-state index contributed by atoms with van der Waals surface area (Å²) in [5.41, 5.74) is -0.566. The van der Waals surface area contributed by atoms with Gasteiger partial charge in [0.05, 0.1) is 13.7 Å². The highest BCUT2D eigenvalue weighted by Crippen LogP contribution is 2.43. The molecule has 0 spiro atoms. The van der Waals surface area contributed by atoms with E-state index in [0.29, 0.717) is 5.56 Å². The van der Waals surface area contributed by atoms with E-state index in [9.17, 15) is 14.0 Å². The van der Waals surface area contributed by atoms with Crippen molar-refractivity contribution in [3.63, 3.8) is 0 Å². The number of esters is 1. The van der Waals surface area contributed by atoms with Gasteiger partial charge in [-0.25, -0.2) is 4.39 Å². The fourth-order valence-electron chi connectivity index (χ4n) is 2.32. The molecule has 1 aliphatic rings. The van der Waals surface area contributed by atoms with Crippen molar-refractivity contribution in [1.82, 2.24) is 0 Å². The molecule has 1 saturated carbocycles. The predicted octanol–water partition coefficient (Wildman–Crippen LogP) is 2.00. The average molecular weight is 266 g/mol. The van der Waals surface area contributed by atoms with Gasteiger partial charge in [0, 0.05) is 12.8 Å². The molecule has 0 radical (unpaired) electrons. The first-order valence-corrected chi connectivity index (χ1v) is 6.06. The van der Waals surface area contributed by atoms with Crippen molar-refractivity contribution in [3.8, 4) is 5.75 Å². The van der Waals surface area contributed by atoms with Gasteiger partial charge in [0.15, 0.2) is 11.6 Å². The second kappa shape index (κ2) is 4.99. The molecule has 1 fully saturated rings. The molecule has 0 saturated heterocycles. The molecule has 0 aromatic heterocycles. The Kier molecular flexibility index (Phi) is 3.55. The lowest BCUT2D eigenvalue weighted by Crippen LogP contribution is -2.49. The predicted molar refractivity (Wildman–Crippen MR) is 65.5 cm³/mol. The van der Waals surface area contributed by atoms with Crippen LogP contribution in [0.2, 0.25) is 0 Å². The molecule has 102 valence electrons. The quantitative estimate of drug-likeness (QED) is 0.782. The lowest BCUT2D eigenvalue weighted by atomic mass is 9.63. The Labute approximate surface area is 110 Å². The number of hydrogen-bond acceptors (Lipinski definition) is 4. The minimum Gasteiger partial charge on any atom is -0.494 e. The Morgan fingerprint density at radius 2 is 2.11 bits per heavy atom. The average Bonchev–Trinajstić information content (AvgIpc) is 2.34. The van der Waals surface area contributed by atoms with Crippen molar-refractivity contribution < 1.29 is 23.5 Å². The van der Waals surface area contributed by atoms with Crippen molar-refractivity contribution in [3.05, 3.63) is 29.6 Å². The number of halogens is 1. The van der Waals surface area contributed by atoms with Crippen molar-refractivity contribution in [2.45, 2.75) is 25.2 Å². The summed E-state index contributed by atoms with van der Waals surface area (Å²) < 4.78 is 23.6. The number of ketones is 1. The summed E-state index contributed by atoms with van der Waals surface area (Å²) in [4.78, 5) is 23.3. The number of hydrogen-bond donors (Lipinski definition) is 0. The maximum Gasteiger partial charge on any atom is 0.317 e. The first-order valence-electron chi connectivity index (χ1n) is 6.06. The van der Waals surface area contributed by atoms with Crippen LogP contribution in [-0.2, 0) is 19.7 Å². The third-order valence-electron chi connectivity index (χ3n) is 3.37. The summed E-state index contributed by atoms with van der Waals surface area (Å²) in [5, 5.41) is 0. The lowest BCUT2D eigenvalue weighted by molar-refractivity contribution is -0.158. The molecule has 2 rings (SSSR count). The van der Waals surface area contributed by atoms with Gasteiger partial charge in [-0.15, -0.1) is 0 Å². The van der Waals surface area contributed by atoms with E-state index in [1.165, 1.54) is 19.2 Å². The van der Waals surface area contributed by atoms with Gasteiger partial charge < -0.3 is 9.47 Å². The molecule has 0 heterocycles. The van der Waals surface area contributed by atoms with Gasteiger partial charge in [-0.1, -0.05) is 6.07 Å². The molecule has 0 aliphatic heterocycles. The van der Waals surface area contributed by atoms with Crippen LogP contribution in [0.4, 0.5) is 4.39 Å². The van der Waals surface area contributed by atoms with Gasteiger partial charge >= 0.3 is 5.97 Å². The molecule has 1 aromatic rings. The minimum absolute atomic E-state index is 0.0238. The van der Waals surface area contributed by atoms with Gasteiger partial charge in [-0.3, -0.25) is 9.59 Å². The van der Waals surface area contributed by atoms with Crippen molar-refractivity contribution in [2.75, 3.05) is 13.7 Å². The van der Waals surface area contributed by atoms with Crippen molar-refractivity contribution in [1.29, 1.82) is 0 Å². The minimum atomic E-state index is -1.03. The van der Waals surface area contributed by atoms with Crippen LogP contribution in [0.5, 0.6) is 5.75 Å². The van der Waals surface area contributed by atoms with E-state index >= 15 is 0 Å². The van der Waals surface area contributed by atoms with Crippen LogP contribution in [0.3, 0.4) is 0 Å². The highest BCUT2D eigenvalue weighted by atomic mass is 19.1. The Hall–Kier alpha value is -1.91. The smallest absolute Gasteiger partial charge is 0.317 e. The third kappa shape index (κ3) is 2.20. The van der Waals surface area contributed by atoms with Crippen molar-refractivity contribution in [2.24, 2.45) is 0 Å². The molecular weight excluding hydrogens is 251 g/mol. The number of methoxy groups -OCH3 is 1. The van der Waals surface area contributed by atoms with Crippen LogP contribution in [0.15, 0.2) is 18.2 Å². The first kappa shape index (κ1) is 13.5. The molecule has 1 aliphatic carbocycles. The van der Waals surface area contributed by atoms with Crippen LogP contribution in [0.1, 0.15) is 25.3 Å². The van der Waals surface area contributed by atoms with E-state index in [0.717, 1.165) is 0 Å². The van der Waals surface area contributed by atoms with E-state index in [-0.39, 0.29) is 31.0 Å². The molecule has 0 amide bonds. The molecule has 0 atom stereocenters. The second-order valence-corrected chi connectivity index (χ2v) is 4.54. The van der Waals surface area contributed by atoms with Crippen LogP contribution < -0.4 is 4.74 Å². The Morgan fingerprint density at radius 1 is 1.42 bits per heavy atom. The first-order chi connectivity index (χ1) is 9.03. The number of Topliss-reactive ketones (excluding diaryl/α,β-unsaturated/α-hetero) is 1. The number of carbonyl (C=O) groups is 2. The molecule has 0 bridgehead atoms. The summed E-state index contributed by atoms with van der Waals surface area (Å²) in [6, 6.07) is 4.29. The van der Waals surface area contributed by atoms with E-state index in [4.69, 9.17) is 9.47 Å². The highest BCUT2D eigenvalue weighted by molar-refractivity contribution is 6.02. The largest absolute Gasteiger partial charge is 0.494 e. The topological polar surface area (TPSA) is 52.6 Å². The van der Waals surface area contributed by atoms with Crippen LogP contribution >= 0.6 is 0 Å². The zero-order valence-electron chi connectivity index (χ0n) is 10.9. The summed E-state index contributed by atoms with van der Waals surface area (Å²) in [7, 11) is 1.37. The Morgan fingerprint density at radius 3 is 2.58 bits per heavy atom. The standard InChI is InChI=1S/C14H15FO4/c1-3-19-13(17)14(7-10(16)8-14)9-4-5-12(18-2)11(15)6-9/h4-6H,3,7-8H2,1-2H3. The number of ether oxygens (including phenoxy) is 2. The van der Waals surface area contributed by atoms with Crippen LogP contribution in [-0.4, -0.2) is 25.5 Å². The number of rotatable bonds is 4. The Balaban J connectivity index is 2.37. The van der Waals surface area contributed by atoms with Gasteiger partial charge in [-0.05, 0) is 24.6 Å². The second-order valence-electron chi connectivity index (χ2n) is 4.54. The van der Waals surface area contributed by atoms with Gasteiger partial charge in [-0.2, -0.15) is 0 Å². The lowest BCUT2D eigenvalue weighted by Gasteiger charge is -2.38. The maximum absolute atomic E-state index is 13.7. The molecule has 0 unspecified atom stereocenters. The zero-order chi connectivity index (χ0) is 14.0. The van der Waals surface area contributed by atoms with E-state index < -0.39 is 17.2 Å². The van der Waals surface area contributed by atoms with Crippen molar-refractivity contribution >= 4 is 11.8 Å². The molecule has 0 N–H and O–H groups in total. The number of carbonyl (C=O) groups excluding carboxylic acids is 2. The van der Waals surface area contributed by atoms with E-state index in [1.54, 1.807) is 13.0 Å². The van der Waals surface area contributed by atoms with Gasteiger partial charge in [0.2, 0.25) is 0 Å². The summed E-state index contributed by atoms with van der Waals surface area (Å²) in [6.07, 6.45) is 0.134. The number of benzene rings is 1. The normalized spacial score (nSPS) is 16.7. The fourth-order valence-corrected chi connectivity index (χ4v) is 2.32. The summed E-state index contributed by atoms with van der Waals surface area (Å²) in [6.45, 7) is 1.92. The van der Waals surface area contributed by atoms with Gasteiger partial charge in [0.1, 0.15) is 11.2 Å². The monoisotopic (exact) mass is 266 g/mol. The summed E-state index contributed by atoms with van der Waals surface area (Å²) >= 11 is 0. The van der Waals surface area contributed by atoms with E-state index in [2.05, 4.69) is 0 Å². The maximum atomic E-state index is 13.7. The molecular formula is C14H15FO4. The van der Waals surface area contributed by atoms with E-state index in [1.807, 2.05) is 0 Å². The molecule has 19 heavy (non-hydrogen) atoms. The molecule has 5 heteroatoms. The third-order valence-corrected chi connectivity index (χ3v) is 3.37. The van der Waals surface area contributed by atoms with Gasteiger partial charge in [0.25, 0.3) is 0 Å². The Bertz CT molecular complexity index is 516. The SMILES string of the molecule is CCOC(=O)C1(c2ccc(OC)c(F)c2)CC(=O)C1. The van der Waals surface area contributed by atoms with Crippen LogP contribution in [0, 0.1) is 5.82 Å². The van der Waals surface area contributed by atoms with Crippen LogP contribution in [0.25, 0.3) is 0 Å². The molecule has 4 nitrogen and oxygen atoms in total. The summed E-state index contributed by atoms with van der Waals surface area (Å²) in [5.74, 6) is -0.945. The zero-order valence-corrected chi connectivity index (χ0v) is 10.9.